The predicted molar refractivity (Wildman–Crippen MR) is 77.0 cm³/mol. The Morgan fingerprint density at radius 3 is 2.95 bits per heavy atom. The van der Waals surface area contributed by atoms with Crippen LogP contribution in [0, 0.1) is 0 Å². The van der Waals surface area contributed by atoms with E-state index in [4.69, 9.17) is 16.3 Å². The van der Waals surface area contributed by atoms with Crippen LogP contribution in [0.15, 0.2) is 36.7 Å². The summed E-state index contributed by atoms with van der Waals surface area (Å²) < 4.78 is 6.42. The summed E-state index contributed by atoms with van der Waals surface area (Å²) in [6.45, 7) is 3.58. The van der Waals surface area contributed by atoms with Gasteiger partial charge in [0.15, 0.2) is 5.82 Å². The van der Waals surface area contributed by atoms with Crippen LogP contribution < -0.4 is 0 Å². The lowest BCUT2D eigenvalue weighted by molar-refractivity contribution is -0.141. The van der Waals surface area contributed by atoms with Gasteiger partial charge >= 0.3 is 5.97 Å². The lowest BCUT2D eigenvalue weighted by Gasteiger charge is -2.03. The Bertz CT molecular complexity index is 635. The molecule has 0 aliphatic rings. The summed E-state index contributed by atoms with van der Waals surface area (Å²) in [7, 11) is 0. The minimum atomic E-state index is -0.417. The number of carbonyl (C=O) groups is 1. The maximum atomic E-state index is 11.4. The predicted octanol–water partition coefficient (Wildman–Crippen LogP) is 3.02. The molecule has 20 heavy (non-hydrogen) atoms. The third kappa shape index (κ3) is 3.93. The second-order valence-corrected chi connectivity index (χ2v) is 4.80. The number of ether oxygens (including phenoxy) is 1. The molecule has 0 N–H and O–H groups in total. The fourth-order valence-corrected chi connectivity index (χ4v) is 1.71. The first kappa shape index (κ1) is 14.3. The smallest absolute Gasteiger partial charge is 0.332 e. The molecule has 0 saturated carbocycles. The number of hydrogen-bond donors (Lipinski definition) is 0. The van der Waals surface area contributed by atoms with Gasteiger partial charge in [-0.15, -0.1) is 5.10 Å². The number of carbonyl (C=O) groups excluding carboxylic acids is 1. The van der Waals surface area contributed by atoms with Crippen LogP contribution in [0.2, 0.25) is 5.02 Å². The van der Waals surface area contributed by atoms with Crippen molar-refractivity contribution in [2.75, 3.05) is 0 Å². The van der Waals surface area contributed by atoms with Gasteiger partial charge in [0, 0.05) is 22.9 Å². The van der Waals surface area contributed by atoms with Gasteiger partial charge < -0.3 is 4.74 Å². The molecule has 0 aliphatic carbocycles. The minimum absolute atomic E-state index is 0.148. The van der Waals surface area contributed by atoms with Crippen molar-refractivity contribution < 1.29 is 9.53 Å². The summed E-state index contributed by atoms with van der Waals surface area (Å²) >= 11 is 5.92. The number of aromatic nitrogens is 3. The van der Waals surface area contributed by atoms with Gasteiger partial charge in [0.1, 0.15) is 6.33 Å². The van der Waals surface area contributed by atoms with E-state index >= 15 is 0 Å². The van der Waals surface area contributed by atoms with Crippen LogP contribution in [0.25, 0.3) is 17.6 Å². The van der Waals surface area contributed by atoms with Gasteiger partial charge in [0.2, 0.25) is 0 Å². The minimum Gasteiger partial charge on any atom is -0.460 e. The van der Waals surface area contributed by atoms with E-state index in [0.29, 0.717) is 10.8 Å². The van der Waals surface area contributed by atoms with Gasteiger partial charge in [0.05, 0.1) is 6.10 Å². The molecular weight excluding hydrogens is 278 g/mol. The zero-order valence-corrected chi connectivity index (χ0v) is 11.9. The zero-order valence-electron chi connectivity index (χ0n) is 11.2. The molecule has 5 nitrogen and oxygen atoms in total. The Kier molecular flexibility index (Phi) is 4.53. The molecule has 0 atom stereocenters. The van der Waals surface area contributed by atoms with E-state index in [2.05, 4.69) is 10.1 Å². The van der Waals surface area contributed by atoms with Crippen molar-refractivity contribution in [2.24, 2.45) is 0 Å². The van der Waals surface area contributed by atoms with E-state index in [1.54, 1.807) is 26.0 Å². The van der Waals surface area contributed by atoms with E-state index in [1.807, 2.05) is 12.1 Å². The number of rotatable bonds is 4. The first-order valence-electron chi connectivity index (χ1n) is 6.10. The first-order chi connectivity index (χ1) is 9.54. The van der Waals surface area contributed by atoms with Gasteiger partial charge in [0.25, 0.3) is 0 Å². The molecular formula is C14H14ClN3O2. The second-order valence-electron chi connectivity index (χ2n) is 4.36. The highest BCUT2D eigenvalue weighted by Crippen LogP contribution is 2.18. The molecule has 1 aromatic heterocycles. The van der Waals surface area contributed by atoms with E-state index in [9.17, 15) is 4.79 Å². The fraction of sp³-hybridized carbons (Fsp3) is 0.214. The summed E-state index contributed by atoms with van der Waals surface area (Å²) in [5, 5.41) is 4.85. The quantitative estimate of drug-likeness (QED) is 0.642. The van der Waals surface area contributed by atoms with Gasteiger partial charge in [-0.05, 0) is 26.0 Å². The highest BCUT2D eigenvalue weighted by atomic mass is 35.5. The summed E-state index contributed by atoms with van der Waals surface area (Å²) in [5.74, 6) is 0.120. The molecule has 6 heteroatoms. The normalized spacial score (nSPS) is 11.2. The Balaban J connectivity index is 2.10. The zero-order chi connectivity index (χ0) is 14.5. The standard InChI is InChI=1S/C14H14ClN3O2/c1-10(2)20-13(19)6-7-18-9-16-14(17-18)11-4-3-5-12(15)8-11/h3-10H,1-2H3/b7-6-. The van der Waals surface area contributed by atoms with Crippen LogP contribution in [-0.2, 0) is 9.53 Å². The van der Waals surface area contributed by atoms with Gasteiger partial charge in [-0.1, -0.05) is 23.7 Å². The van der Waals surface area contributed by atoms with Gasteiger partial charge in [-0.2, -0.15) is 0 Å². The van der Waals surface area contributed by atoms with Crippen molar-refractivity contribution in [3.05, 3.63) is 41.7 Å². The molecule has 0 spiro atoms. The molecule has 0 amide bonds. The summed E-state index contributed by atoms with van der Waals surface area (Å²) in [6, 6.07) is 7.25. The monoisotopic (exact) mass is 291 g/mol. The van der Waals surface area contributed by atoms with Gasteiger partial charge in [-0.3, -0.25) is 0 Å². The summed E-state index contributed by atoms with van der Waals surface area (Å²) in [5.41, 5.74) is 0.814. The largest absolute Gasteiger partial charge is 0.460 e. The number of halogens is 1. The average molecular weight is 292 g/mol. The summed E-state index contributed by atoms with van der Waals surface area (Å²) in [6.07, 6.45) is 4.15. The Morgan fingerprint density at radius 2 is 2.25 bits per heavy atom. The molecule has 1 aromatic carbocycles. The fourth-order valence-electron chi connectivity index (χ4n) is 1.52. The highest BCUT2D eigenvalue weighted by Gasteiger charge is 2.04. The van der Waals surface area contributed by atoms with Crippen molar-refractivity contribution in [3.63, 3.8) is 0 Å². The highest BCUT2D eigenvalue weighted by molar-refractivity contribution is 6.30. The number of benzene rings is 1. The first-order valence-corrected chi connectivity index (χ1v) is 6.48. The molecule has 2 aromatic rings. The summed E-state index contributed by atoms with van der Waals surface area (Å²) in [4.78, 5) is 15.5. The van der Waals surface area contributed by atoms with Crippen molar-refractivity contribution >= 4 is 23.8 Å². The van der Waals surface area contributed by atoms with E-state index in [-0.39, 0.29) is 6.10 Å². The van der Waals surface area contributed by atoms with Crippen LogP contribution in [0.4, 0.5) is 0 Å². The topological polar surface area (TPSA) is 57.0 Å². The van der Waals surface area contributed by atoms with Crippen LogP contribution in [0.5, 0.6) is 0 Å². The molecule has 0 bridgehead atoms. The van der Waals surface area contributed by atoms with Gasteiger partial charge in [-0.25, -0.2) is 14.5 Å². The second kappa shape index (κ2) is 6.34. The number of esters is 1. The molecule has 104 valence electrons. The van der Waals surface area contributed by atoms with Crippen molar-refractivity contribution in [2.45, 2.75) is 20.0 Å². The van der Waals surface area contributed by atoms with Crippen LogP contribution in [0.1, 0.15) is 13.8 Å². The third-order valence-corrected chi connectivity index (χ3v) is 2.54. The molecule has 2 rings (SSSR count). The molecule has 0 radical (unpaired) electrons. The lowest BCUT2D eigenvalue weighted by Crippen LogP contribution is -2.08. The van der Waals surface area contributed by atoms with E-state index in [0.717, 1.165) is 5.56 Å². The maximum Gasteiger partial charge on any atom is 0.332 e. The Labute approximate surface area is 121 Å². The van der Waals surface area contributed by atoms with Crippen molar-refractivity contribution in [1.82, 2.24) is 14.8 Å². The molecule has 0 unspecified atom stereocenters. The maximum absolute atomic E-state index is 11.4. The Morgan fingerprint density at radius 1 is 1.45 bits per heavy atom. The van der Waals surface area contributed by atoms with Crippen LogP contribution in [0.3, 0.4) is 0 Å². The van der Waals surface area contributed by atoms with Crippen LogP contribution >= 0.6 is 11.6 Å². The SMILES string of the molecule is CC(C)OC(=O)/C=C\n1cnc(-c2cccc(Cl)c2)n1. The van der Waals surface area contributed by atoms with Crippen molar-refractivity contribution in [3.8, 4) is 11.4 Å². The molecule has 0 fully saturated rings. The molecule has 1 heterocycles. The van der Waals surface area contributed by atoms with Crippen LogP contribution in [-0.4, -0.2) is 26.8 Å². The molecule has 0 saturated heterocycles. The Hall–Kier alpha value is -2.14. The lowest BCUT2D eigenvalue weighted by atomic mass is 10.2. The van der Waals surface area contributed by atoms with E-state index < -0.39 is 5.97 Å². The average Bonchev–Trinajstić information content (AvgIpc) is 2.84. The third-order valence-electron chi connectivity index (χ3n) is 2.31. The number of hydrogen-bond acceptors (Lipinski definition) is 4. The number of nitrogens with zero attached hydrogens (tertiary/aromatic N) is 3. The molecule has 0 aliphatic heterocycles. The van der Waals surface area contributed by atoms with E-state index in [1.165, 1.54) is 23.3 Å². The van der Waals surface area contributed by atoms with Crippen molar-refractivity contribution in [1.29, 1.82) is 0 Å².